The Balaban J connectivity index is 1.93. The first-order chi connectivity index (χ1) is 8.64. The first-order valence-corrected chi connectivity index (χ1v) is 7.08. The van der Waals surface area contributed by atoms with E-state index in [1.165, 1.54) is 11.3 Å². The van der Waals surface area contributed by atoms with E-state index in [-0.39, 0.29) is 5.91 Å². The van der Waals surface area contributed by atoms with Crippen LogP contribution in [0.25, 0.3) is 0 Å². The van der Waals surface area contributed by atoms with Gasteiger partial charge in [0.15, 0.2) is 0 Å². The molecule has 0 aromatic carbocycles. The number of methoxy groups -OCH3 is 1. The number of hydrogen-bond acceptors (Lipinski definition) is 4. The van der Waals surface area contributed by atoms with Crippen molar-refractivity contribution in [1.82, 2.24) is 5.32 Å². The highest BCUT2D eigenvalue weighted by atomic mass is 32.1. The fraction of sp³-hybridized carbons (Fsp3) is 0.615. The lowest BCUT2D eigenvalue weighted by Gasteiger charge is -2.22. The monoisotopic (exact) mass is 269 g/mol. The van der Waals surface area contributed by atoms with Gasteiger partial charge in [-0.3, -0.25) is 4.79 Å². The van der Waals surface area contributed by atoms with Gasteiger partial charge in [0.05, 0.1) is 17.1 Å². The van der Waals surface area contributed by atoms with Crippen LogP contribution in [0.5, 0.6) is 0 Å². The fourth-order valence-electron chi connectivity index (χ4n) is 2.34. The Kier molecular flexibility index (Phi) is 4.37. The third-order valence-corrected chi connectivity index (χ3v) is 4.32. The van der Waals surface area contributed by atoms with Crippen LogP contribution >= 0.6 is 11.3 Å². The van der Waals surface area contributed by atoms with E-state index < -0.39 is 5.60 Å². The van der Waals surface area contributed by atoms with Crippen molar-refractivity contribution >= 4 is 17.2 Å². The molecular formula is C13H19NO3S. The van der Waals surface area contributed by atoms with Crippen LogP contribution in [0.3, 0.4) is 0 Å². The van der Waals surface area contributed by atoms with Gasteiger partial charge in [-0.2, -0.15) is 0 Å². The number of carbonyl (C=O) groups is 1. The van der Waals surface area contributed by atoms with Gasteiger partial charge in [-0.1, -0.05) is 12.8 Å². The molecule has 0 bridgehead atoms. The van der Waals surface area contributed by atoms with Crippen LogP contribution in [0.15, 0.2) is 11.4 Å². The molecule has 100 valence electrons. The largest absolute Gasteiger partial charge is 0.388 e. The Labute approximate surface area is 111 Å². The zero-order chi connectivity index (χ0) is 13.0. The third kappa shape index (κ3) is 3.10. The lowest BCUT2D eigenvalue weighted by Crippen LogP contribution is -2.40. The second-order valence-corrected chi connectivity index (χ2v) is 5.74. The van der Waals surface area contributed by atoms with E-state index in [1.54, 1.807) is 7.11 Å². The molecule has 0 aliphatic heterocycles. The Morgan fingerprint density at radius 1 is 1.56 bits per heavy atom. The molecule has 5 heteroatoms. The van der Waals surface area contributed by atoms with Crippen molar-refractivity contribution in [3.63, 3.8) is 0 Å². The van der Waals surface area contributed by atoms with Crippen molar-refractivity contribution in [1.29, 1.82) is 0 Å². The highest BCUT2D eigenvalue weighted by Crippen LogP contribution is 2.28. The molecule has 4 nitrogen and oxygen atoms in total. The average Bonchev–Trinajstić information content (AvgIpc) is 2.97. The lowest BCUT2D eigenvalue weighted by molar-refractivity contribution is 0.0450. The van der Waals surface area contributed by atoms with Crippen molar-refractivity contribution in [2.24, 2.45) is 0 Å². The molecule has 1 amide bonds. The molecule has 0 saturated heterocycles. The van der Waals surface area contributed by atoms with E-state index in [4.69, 9.17) is 4.74 Å². The third-order valence-electron chi connectivity index (χ3n) is 3.37. The molecule has 1 fully saturated rings. The maximum Gasteiger partial charge on any atom is 0.261 e. The van der Waals surface area contributed by atoms with Gasteiger partial charge >= 0.3 is 0 Å². The maximum absolute atomic E-state index is 12.0. The first-order valence-electron chi connectivity index (χ1n) is 6.20. The topological polar surface area (TPSA) is 58.6 Å². The summed E-state index contributed by atoms with van der Waals surface area (Å²) in [6, 6.07) is 1.90. The van der Waals surface area contributed by atoms with E-state index in [1.807, 2.05) is 11.4 Å². The number of amides is 1. The van der Waals surface area contributed by atoms with Crippen molar-refractivity contribution < 1.29 is 14.6 Å². The summed E-state index contributed by atoms with van der Waals surface area (Å²) >= 11 is 1.41. The number of carbonyl (C=O) groups excluding carboxylic acids is 1. The molecule has 1 aromatic heterocycles. The molecule has 1 saturated carbocycles. The van der Waals surface area contributed by atoms with E-state index >= 15 is 0 Å². The second-order valence-electron chi connectivity index (χ2n) is 4.82. The van der Waals surface area contributed by atoms with Crippen LogP contribution in [0.1, 0.15) is 40.9 Å². The van der Waals surface area contributed by atoms with Gasteiger partial charge in [0.1, 0.15) is 0 Å². The fourth-order valence-corrected chi connectivity index (χ4v) is 3.16. The van der Waals surface area contributed by atoms with Crippen LogP contribution in [0.4, 0.5) is 0 Å². The van der Waals surface area contributed by atoms with Crippen LogP contribution < -0.4 is 5.32 Å². The first kappa shape index (κ1) is 13.5. The Morgan fingerprint density at radius 2 is 2.28 bits per heavy atom. The van der Waals surface area contributed by atoms with Crippen molar-refractivity contribution in [2.75, 3.05) is 13.7 Å². The predicted octanol–water partition coefficient (Wildman–Crippen LogP) is 1.93. The Hall–Kier alpha value is -0.910. The number of rotatable bonds is 5. The molecule has 1 heterocycles. The maximum atomic E-state index is 12.0. The number of hydrogen-bond donors (Lipinski definition) is 2. The molecule has 0 atom stereocenters. The Bertz CT molecular complexity index is 410. The molecule has 2 N–H and O–H groups in total. The molecule has 0 radical (unpaired) electrons. The van der Waals surface area contributed by atoms with E-state index in [2.05, 4.69) is 5.32 Å². The zero-order valence-corrected chi connectivity index (χ0v) is 11.4. The molecule has 1 aromatic rings. The Morgan fingerprint density at radius 3 is 2.94 bits per heavy atom. The van der Waals surface area contributed by atoms with Crippen molar-refractivity contribution in [3.8, 4) is 0 Å². The van der Waals surface area contributed by atoms with E-state index in [0.29, 0.717) is 18.0 Å². The van der Waals surface area contributed by atoms with E-state index in [0.717, 1.165) is 31.2 Å². The zero-order valence-electron chi connectivity index (χ0n) is 10.6. The van der Waals surface area contributed by atoms with Gasteiger partial charge in [0, 0.05) is 19.2 Å². The number of ether oxygens (including phenoxy) is 1. The number of aliphatic hydroxyl groups is 1. The summed E-state index contributed by atoms with van der Waals surface area (Å²) in [6.07, 6.45) is 3.64. The van der Waals surface area contributed by atoms with Gasteiger partial charge in [-0.25, -0.2) is 0 Å². The van der Waals surface area contributed by atoms with Gasteiger partial charge in [-0.15, -0.1) is 11.3 Å². The summed E-state index contributed by atoms with van der Waals surface area (Å²) in [5.74, 6) is -0.114. The van der Waals surface area contributed by atoms with Gasteiger partial charge in [0.25, 0.3) is 5.91 Å². The minimum absolute atomic E-state index is 0.114. The molecular weight excluding hydrogens is 250 g/mol. The van der Waals surface area contributed by atoms with Crippen LogP contribution in [0.2, 0.25) is 0 Å². The van der Waals surface area contributed by atoms with Crippen molar-refractivity contribution in [2.45, 2.75) is 37.9 Å². The lowest BCUT2D eigenvalue weighted by atomic mass is 10.0. The minimum Gasteiger partial charge on any atom is -0.388 e. The number of nitrogens with one attached hydrogen (secondary N) is 1. The van der Waals surface area contributed by atoms with E-state index in [9.17, 15) is 9.90 Å². The molecule has 0 spiro atoms. The summed E-state index contributed by atoms with van der Waals surface area (Å²) in [5, 5.41) is 14.9. The minimum atomic E-state index is -0.700. The summed E-state index contributed by atoms with van der Waals surface area (Å²) in [6.45, 7) is 0.784. The predicted molar refractivity (Wildman–Crippen MR) is 70.8 cm³/mol. The van der Waals surface area contributed by atoms with Gasteiger partial charge in [-0.05, 0) is 24.3 Å². The highest BCUT2D eigenvalue weighted by Gasteiger charge is 2.31. The molecule has 2 rings (SSSR count). The van der Waals surface area contributed by atoms with Crippen molar-refractivity contribution in [3.05, 3.63) is 21.9 Å². The molecule has 1 aliphatic rings. The quantitative estimate of drug-likeness (QED) is 0.858. The van der Waals surface area contributed by atoms with Gasteiger partial charge in [0.2, 0.25) is 0 Å². The number of thiophene rings is 1. The SMILES string of the molecule is COCc1ccsc1C(=O)NCC1(O)CCCC1. The van der Waals surface area contributed by atoms with Crippen LogP contribution in [-0.4, -0.2) is 30.3 Å². The smallest absolute Gasteiger partial charge is 0.261 e. The summed E-state index contributed by atoms with van der Waals surface area (Å²) in [5.41, 5.74) is 0.201. The second kappa shape index (κ2) is 5.82. The van der Waals surface area contributed by atoms with Gasteiger partial charge < -0.3 is 15.2 Å². The molecule has 1 aliphatic carbocycles. The standard InChI is InChI=1S/C13H19NO3S/c1-17-8-10-4-7-18-11(10)12(15)14-9-13(16)5-2-3-6-13/h4,7,16H,2-3,5-6,8-9H2,1H3,(H,14,15). The summed E-state index contributed by atoms with van der Waals surface area (Å²) in [4.78, 5) is 12.7. The average molecular weight is 269 g/mol. The summed E-state index contributed by atoms with van der Waals surface area (Å²) in [7, 11) is 1.61. The molecule has 0 unspecified atom stereocenters. The van der Waals surface area contributed by atoms with Crippen LogP contribution in [0, 0.1) is 0 Å². The molecule has 18 heavy (non-hydrogen) atoms. The van der Waals surface area contributed by atoms with Crippen LogP contribution in [-0.2, 0) is 11.3 Å². The normalized spacial score (nSPS) is 17.9. The highest BCUT2D eigenvalue weighted by molar-refractivity contribution is 7.12. The summed E-state index contributed by atoms with van der Waals surface area (Å²) < 4.78 is 5.05.